The van der Waals surface area contributed by atoms with Crippen molar-refractivity contribution in [2.24, 2.45) is 5.10 Å². The van der Waals surface area contributed by atoms with Gasteiger partial charge in [0, 0.05) is 29.8 Å². The summed E-state index contributed by atoms with van der Waals surface area (Å²) in [5, 5.41) is 18.3. The van der Waals surface area contributed by atoms with Gasteiger partial charge in [0.15, 0.2) is 11.5 Å². The maximum atomic E-state index is 12.2. The Hall–Kier alpha value is -3.73. The molecule has 2 aromatic carbocycles. The van der Waals surface area contributed by atoms with E-state index in [9.17, 15) is 14.9 Å². The van der Waals surface area contributed by atoms with Crippen LogP contribution >= 0.6 is 11.5 Å². The Morgan fingerprint density at radius 2 is 1.94 bits per heavy atom. The summed E-state index contributed by atoms with van der Waals surface area (Å²) in [6, 6.07) is 9.99. The maximum absolute atomic E-state index is 12.2. The molecular weight excluding hydrogens is 434 g/mol. The number of benzene rings is 2. The molecule has 0 amide bonds. The molecule has 0 bridgehead atoms. The third-order valence-corrected chi connectivity index (χ3v) is 6.50. The topological polar surface area (TPSA) is 112 Å². The van der Waals surface area contributed by atoms with Crippen LogP contribution in [-0.4, -0.2) is 32.4 Å². The molecule has 1 unspecified atom stereocenters. The van der Waals surface area contributed by atoms with E-state index in [1.165, 1.54) is 23.7 Å². The van der Waals surface area contributed by atoms with E-state index in [0.29, 0.717) is 40.9 Å². The number of non-ortho nitro benzene ring substituents is 1. The molecule has 10 nitrogen and oxygen atoms in total. The molecule has 0 N–H and O–H groups in total. The van der Waals surface area contributed by atoms with Crippen molar-refractivity contribution in [3.8, 4) is 11.5 Å². The minimum absolute atomic E-state index is 0.000913. The normalized spacial score (nSPS) is 17.0. The number of ether oxygens (including phenoxy) is 2. The van der Waals surface area contributed by atoms with Gasteiger partial charge in [-0.15, -0.1) is 0 Å². The fourth-order valence-corrected chi connectivity index (χ4v) is 4.68. The van der Waals surface area contributed by atoms with Crippen LogP contribution < -0.4 is 20.2 Å². The summed E-state index contributed by atoms with van der Waals surface area (Å²) in [4.78, 5) is 27.1. The van der Waals surface area contributed by atoms with Crippen LogP contribution in [0.1, 0.15) is 30.5 Å². The summed E-state index contributed by atoms with van der Waals surface area (Å²) in [5.41, 5.74) is 2.86. The Balaban J connectivity index is 1.69. The van der Waals surface area contributed by atoms with E-state index < -0.39 is 4.92 Å². The number of nitro groups is 1. The first-order valence-electron chi connectivity index (χ1n) is 10.1. The van der Waals surface area contributed by atoms with E-state index in [0.717, 1.165) is 11.1 Å². The molecule has 1 atom stereocenters. The van der Waals surface area contributed by atoms with Gasteiger partial charge in [0.2, 0.25) is 11.9 Å². The van der Waals surface area contributed by atoms with Gasteiger partial charge in [-0.25, -0.2) is 13.8 Å². The van der Waals surface area contributed by atoms with Gasteiger partial charge in [0.05, 0.1) is 16.7 Å². The zero-order valence-electron chi connectivity index (χ0n) is 17.3. The summed E-state index contributed by atoms with van der Waals surface area (Å²) < 4.78 is 12.7. The molecule has 0 aliphatic carbocycles. The van der Waals surface area contributed by atoms with Gasteiger partial charge >= 0.3 is 5.69 Å². The lowest BCUT2D eigenvalue weighted by Crippen LogP contribution is -2.29. The highest BCUT2D eigenvalue weighted by Gasteiger charge is 2.29. The summed E-state index contributed by atoms with van der Waals surface area (Å²) in [6.45, 7) is 4.59. The molecule has 11 heteroatoms. The van der Waals surface area contributed by atoms with Crippen molar-refractivity contribution in [3.63, 3.8) is 0 Å². The minimum Gasteiger partial charge on any atom is -0.454 e. The number of hydrazone groups is 1. The van der Waals surface area contributed by atoms with Crippen LogP contribution in [0.5, 0.6) is 11.5 Å². The number of aromatic nitrogens is 2. The van der Waals surface area contributed by atoms with Crippen molar-refractivity contribution in [2.75, 3.05) is 11.8 Å². The van der Waals surface area contributed by atoms with Crippen molar-refractivity contribution in [1.82, 2.24) is 8.94 Å². The predicted octanol–water partition coefficient (Wildman–Crippen LogP) is 3.17. The van der Waals surface area contributed by atoms with E-state index in [1.54, 1.807) is 21.1 Å². The van der Waals surface area contributed by atoms with Gasteiger partial charge in [-0.2, -0.15) is 10.1 Å². The highest BCUT2D eigenvalue weighted by atomic mass is 32.1. The molecular formula is C21H19N5O5S. The quantitative estimate of drug-likeness (QED) is 0.440. The van der Waals surface area contributed by atoms with Crippen LogP contribution in [0.2, 0.25) is 0 Å². The number of rotatable bonds is 4. The molecule has 32 heavy (non-hydrogen) atoms. The summed E-state index contributed by atoms with van der Waals surface area (Å²) in [5.74, 6) is 1.30. The monoisotopic (exact) mass is 453 g/mol. The number of fused-ring (bicyclic) bond motifs is 2. The number of hydrogen-bond acceptors (Lipinski definition) is 9. The van der Waals surface area contributed by atoms with Crippen LogP contribution in [0.3, 0.4) is 0 Å². The van der Waals surface area contributed by atoms with E-state index in [4.69, 9.17) is 14.6 Å². The summed E-state index contributed by atoms with van der Waals surface area (Å²) in [7, 11) is 0. The first-order chi connectivity index (χ1) is 15.4. The van der Waals surface area contributed by atoms with Gasteiger partial charge in [0.1, 0.15) is 0 Å². The first-order valence-corrected chi connectivity index (χ1v) is 10.9. The van der Waals surface area contributed by atoms with Gasteiger partial charge < -0.3 is 9.47 Å². The Morgan fingerprint density at radius 3 is 2.59 bits per heavy atom. The SMILES string of the molecule is CCn1sc(N2N=C(c3ccc([N+](=O)[O-])cc3)c3cc4c(cc3CC2C)OCO4)nc1=O. The molecule has 0 spiro atoms. The van der Waals surface area contributed by atoms with Crippen molar-refractivity contribution >= 4 is 28.1 Å². The molecule has 0 saturated heterocycles. The Labute approximate surface area is 186 Å². The summed E-state index contributed by atoms with van der Waals surface area (Å²) in [6.07, 6.45) is 0.631. The van der Waals surface area contributed by atoms with Crippen LogP contribution in [0, 0.1) is 10.1 Å². The van der Waals surface area contributed by atoms with Crippen LogP contribution in [0.4, 0.5) is 10.8 Å². The lowest BCUT2D eigenvalue weighted by molar-refractivity contribution is -0.384. The minimum atomic E-state index is -0.437. The lowest BCUT2D eigenvalue weighted by atomic mass is 9.94. The molecule has 5 rings (SSSR count). The van der Waals surface area contributed by atoms with Crippen LogP contribution in [-0.2, 0) is 13.0 Å². The van der Waals surface area contributed by atoms with E-state index in [2.05, 4.69) is 4.98 Å². The molecule has 0 fully saturated rings. The number of hydrogen-bond donors (Lipinski definition) is 0. The largest absolute Gasteiger partial charge is 0.454 e. The zero-order valence-corrected chi connectivity index (χ0v) is 18.2. The predicted molar refractivity (Wildman–Crippen MR) is 119 cm³/mol. The first kappa shape index (κ1) is 20.2. The second-order valence-corrected chi connectivity index (χ2v) is 8.46. The van der Waals surface area contributed by atoms with Crippen LogP contribution in [0.25, 0.3) is 0 Å². The molecule has 2 aliphatic heterocycles. The Kier molecular flexibility index (Phi) is 4.89. The molecule has 0 saturated carbocycles. The standard InChI is InChI=1S/C21H19N5O5S/c1-3-24-20(27)22-21(32-24)25-12(2)8-14-9-17-18(31-11-30-17)10-16(14)19(23-25)13-4-6-15(7-5-13)26(28)29/h4-7,9-10,12H,3,8,11H2,1-2H3. The van der Waals surface area contributed by atoms with Gasteiger partial charge in [-0.3, -0.25) is 10.1 Å². The maximum Gasteiger partial charge on any atom is 0.359 e. The van der Waals surface area contributed by atoms with E-state index in [1.807, 2.05) is 26.0 Å². The Morgan fingerprint density at radius 1 is 1.22 bits per heavy atom. The van der Waals surface area contributed by atoms with Crippen molar-refractivity contribution in [3.05, 3.63) is 73.7 Å². The molecule has 164 valence electrons. The number of nitro benzene ring substituents is 1. The van der Waals surface area contributed by atoms with Crippen molar-refractivity contribution in [2.45, 2.75) is 32.9 Å². The average Bonchev–Trinajstić information content (AvgIpc) is 3.36. The summed E-state index contributed by atoms with van der Waals surface area (Å²) >= 11 is 1.26. The molecule has 2 aliphatic rings. The second-order valence-electron chi connectivity index (χ2n) is 7.48. The van der Waals surface area contributed by atoms with Gasteiger partial charge in [0.25, 0.3) is 5.69 Å². The zero-order chi connectivity index (χ0) is 22.4. The second kappa shape index (κ2) is 7.75. The highest BCUT2D eigenvalue weighted by Crippen LogP contribution is 2.38. The third kappa shape index (κ3) is 3.40. The van der Waals surface area contributed by atoms with Gasteiger partial charge in [-0.05, 0) is 61.6 Å². The van der Waals surface area contributed by atoms with Crippen LogP contribution in [0.15, 0.2) is 46.3 Å². The fraction of sp³-hybridized carbons (Fsp3) is 0.286. The molecule has 0 radical (unpaired) electrons. The molecule has 1 aromatic heterocycles. The lowest BCUT2D eigenvalue weighted by Gasteiger charge is -2.22. The fourth-order valence-electron chi connectivity index (χ4n) is 3.81. The van der Waals surface area contributed by atoms with E-state index in [-0.39, 0.29) is 24.2 Å². The Bertz CT molecular complexity index is 1300. The third-order valence-electron chi connectivity index (χ3n) is 5.43. The van der Waals surface area contributed by atoms with Gasteiger partial charge in [-0.1, -0.05) is 0 Å². The smallest absolute Gasteiger partial charge is 0.359 e. The molecule has 3 aromatic rings. The average molecular weight is 453 g/mol. The van der Waals surface area contributed by atoms with E-state index >= 15 is 0 Å². The number of nitrogens with zero attached hydrogens (tertiary/aromatic N) is 5. The number of anilines is 1. The molecule has 3 heterocycles. The van der Waals surface area contributed by atoms with Crippen molar-refractivity contribution < 1.29 is 14.4 Å². The number of aryl methyl sites for hydroxylation is 1. The highest BCUT2D eigenvalue weighted by molar-refractivity contribution is 7.10. The van der Waals surface area contributed by atoms with Crippen molar-refractivity contribution in [1.29, 1.82) is 0 Å².